The van der Waals surface area contributed by atoms with E-state index in [1.54, 1.807) is 41.5 Å². The van der Waals surface area contributed by atoms with Crippen LogP contribution >= 0.6 is 27.7 Å². The molecule has 8 nitrogen and oxygen atoms in total. The number of amidine groups is 1. The number of aliphatic carboxylic acids is 1. The maximum absolute atomic E-state index is 13.3. The third-order valence-corrected chi connectivity index (χ3v) is 6.38. The largest absolute Gasteiger partial charge is 0.493 e. The molecule has 4 rings (SSSR count). The number of carboxylic acid groups (broad SMARTS) is 1. The maximum atomic E-state index is 13.3. The number of methoxy groups -OCH3 is 1. The van der Waals surface area contributed by atoms with Gasteiger partial charge in [-0.3, -0.25) is 9.69 Å². The number of hydrogen-bond donors (Lipinski definition) is 1. The molecule has 10 heteroatoms. The first-order valence-corrected chi connectivity index (χ1v) is 11.6. The third-order valence-electron chi connectivity index (χ3n) is 4.68. The number of nitrogens with zero attached hydrogens (tertiary/aromatic N) is 2. The van der Waals surface area contributed by atoms with Crippen LogP contribution in [0.3, 0.4) is 0 Å². The quantitative estimate of drug-likeness (QED) is 0.384. The maximum Gasteiger partial charge on any atom is 0.341 e. The zero-order valence-electron chi connectivity index (χ0n) is 17.9. The van der Waals surface area contributed by atoms with E-state index in [1.165, 1.54) is 18.9 Å². The highest BCUT2D eigenvalue weighted by Crippen LogP contribution is 2.39. The highest BCUT2D eigenvalue weighted by molar-refractivity contribution is 9.10. The van der Waals surface area contributed by atoms with Crippen LogP contribution in [-0.2, 0) is 16.1 Å². The number of carboxylic acids is 1. The molecule has 1 aliphatic heterocycles. The van der Waals surface area contributed by atoms with E-state index in [1.807, 2.05) is 30.3 Å². The van der Waals surface area contributed by atoms with Gasteiger partial charge in [-0.2, -0.15) is 0 Å². The number of rotatable bonds is 8. The van der Waals surface area contributed by atoms with E-state index in [2.05, 4.69) is 20.9 Å². The lowest BCUT2D eigenvalue weighted by Gasteiger charge is -2.14. The summed E-state index contributed by atoms with van der Waals surface area (Å²) >= 11 is 4.72. The number of carbonyl (C=O) groups is 2. The first-order chi connectivity index (χ1) is 16.4. The molecule has 1 N–H and O–H groups in total. The predicted molar refractivity (Wildman–Crippen MR) is 132 cm³/mol. The molecule has 34 heavy (non-hydrogen) atoms. The minimum atomic E-state index is -1.10. The van der Waals surface area contributed by atoms with Gasteiger partial charge < -0.3 is 19.0 Å². The van der Waals surface area contributed by atoms with E-state index in [0.29, 0.717) is 31.6 Å². The monoisotopic (exact) mass is 542 g/mol. The number of hydrogen-bond acceptors (Lipinski definition) is 7. The van der Waals surface area contributed by atoms with E-state index < -0.39 is 12.6 Å². The number of furan rings is 1. The molecule has 0 spiro atoms. The summed E-state index contributed by atoms with van der Waals surface area (Å²) in [7, 11) is 1.46. The summed E-state index contributed by atoms with van der Waals surface area (Å²) in [6.07, 6.45) is 3.29. The van der Waals surface area contributed by atoms with Crippen molar-refractivity contribution in [3.8, 4) is 11.5 Å². The number of thioether (sulfide) groups is 1. The molecule has 0 unspecified atom stereocenters. The summed E-state index contributed by atoms with van der Waals surface area (Å²) in [6, 6.07) is 16.2. The first-order valence-electron chi connectivity index (χ1n) is 10.0. The van der Waals surface area contributed by atoms with E-state index >= 15 is 0 Å². The van der Waals surface area contributed by atoms with Crippen LogP contribution in [0.15, 0.2) is 79.6 Å². The van der Waals surface area contributed by atoms with Crippen LogP contribution < -0.4 is 9.47 Å². The van der Waals surface area contributed by atoms with Crippen molar-refractivity contribution >= 4 is 56.5 Å². The smallest absolute Gasteiger partial charge is 0.341 e. The lowest BCUT2D eigenvalue weighted by molar-refractivity contribution is -0.139. The predicted octanol–water partition coefficient (Wildman–Crippen LogP) is 5.32. The summed E-state index contributed by atoms with van der Waals surface area (Å²) in [4.78, 5) is 30.9. The van der Waals surface area contributed by atoms with Crippen molar-refractivity contribution in [2.45, 2.75) is 6.54 Å². The van der Waals surface area contributed by atoms with Crippen molar-refractivity contribution in [2.75, 3.05) is 13.7 Å². The lowest BCUT2D eigenvalue weighted by atomic mass is 10.2. The van der Waals surface area contributed by atoms with Gasteiger partial charge in [-0.15, -0.1) is 0 Å². The molecule has 2 heterocycles. The Morgan fingerprint density at radius 1 is 1.21 bits per heavy atom. The Morgan fingerprint density at radius 3 is 2.68 bits per heavy atom. The molecule has 0 atom stereocenters. The molecule has 2 aromatic carbocycles. The summed E-state index contributed by atoms with van der Waals surface area (Å²) in [5.74, 6) is -0.0569. The highest BCUT2D eigenvalue weighted by Gasteiger charge is 2.34. The Hall–Kier alpha value is -3.50. The second kappa shape index (κ2) is 10.6. The molecule has 3 aromatic rings. The average molecular weight is 543 g/mol. The molecule has 1 fully saturated rings. The van der Waals surface area contributed by atoms with Crippen LogP contribution in [0.1, 0.15) is 11.3 Å². The number of carbonyl (C=O) groups excluding carboxylic acids is 1. The Bertz CT molecular complexity index is 1260. The van der Waals surface area contributed by atoms with Crippen LogP contribution in [0.2, 0.25) is 0 Å². The van der Waals surface area contributed by atoms with E-state index in [9.17, 15) is 9.59 Å². The number of benzene rings is 2. The zero-order chi connectivity index (χ0) is 24.1. The van der Waals surface area contributed by atoms with E-state index in [0.717, 1.165) is 5.69 Å². The molecule has 0 radical (unpaired) electrons. The summed E-state index contributed by atoms with van der Waals surface area (Å²) in [6.45, 7) is -0.257. The standard InChI is InChI=1S/C24H19BrN2O6S/c1-31-19-10-15(18(25)12-20(19)33-14-22(28)29)11-21-23(30)27(13-17-8-5-9-32-17)24(34-21)26-16-6-3-2-4-7-16/h2-12H,13-14H2,1H3,(H,28,29)/b21-11-,26-24?. The SMILES string of the molecule is COc1cc(/C=C2\SC(=Nc3ccccc3)N(Cc3ccco3)C2=O)c(Br)cc1OCC(=O)O. The molecule has 0 bridgehead atoms. The number of halogens is 1. The Labute approximate surface area is 208 Å². The topological polar surface area (TPSA) is 102 Å². The number of ether oxygens (including phenoxy) is 2. The van der Waals surface area contributed by atoms with Crippen LogP contribution in [0, 0.1) is 0 Å². The van der Waals surface area contributed by atoms with E-state index in [-0.39, 0.29) is 18.2 Å². The second-order valence-electron chi connectivity index (χ2n) is 7.02. The van der Waals surface area contributed by atoms with Crippen LogP contribution in [0.25, 0.3) is 6.08 Å². The normalized spacial score (nSPS) is 15.8. The molecular formula is C24H19BrN2O6S. The van der Waals surface area contributed by atoms with Crippen LogP contribution in [-0.4, -0.2) is 40.8 Å². The van der Waals surface area contributed by atoms with Crippen molar-refractivity contribution in [2.24, 2.45) is 4.99 Å². The average Bonchev–Trinajstić information content (AvgIpc) is 3.44. The van der Waals surface area contributed by atoms with Gasteiger partial charge in [0.25, 0.3) is 5.91 Å². The number of amides is 1. The molecule has 1 aliphatic rings. The molecular weight excluding hydrogens is 524 g/mol. The van der Waals surface area contributed by atoms with Crippen molar-refractivity contribution in [3.63, 3.8) is 0 Å². The number of para-hydroxylation sites is 1. The van der Waals surface area contributed by atoms with Gasteiger partial charge in [-0.1, -0.05) is 34.1 Å². The minimum absolute atomic E-state index is 0.215. The minimum Gasteiger partial charge on any atom is -0.493 e. The van der Waals surface area contributed by atoms with Gasteiger partial charge in [0.2, 0.25) is 0 Å². The number of aliphatic imine (C=N–C) groups is 1. The van der Waals surface area contributed by atoms with Crippen molar-refractivity contribution in [1.82, 2.24) is 4.90 Å². The Morgan fingerprint density at radius 2 is 2.00 bits per heavy atom. The van der Waals surface area contributed by atoms with Crippen LogP contribution in [0.5, 0.6) is 11.5 Å². The van der Waals surface area contributed by atoms with Crippen LogP contribution in [0.4, 0.5) is 5.69 Å². The van der Waals surface area contributed by atoms with Gasteiger partial charge in [0.1, 0.15) is 5.76 Å². The molecule has 0 saturated carbocycles. The molecule has 1 saturated heterocycles. The molecule has 0 aliphatic carbocycles. The van der Waals surface area contributed by atoms with Crippen molar-refractivity contribution < 1.29 is 28.6 Å². The van der Waals surface area contributed by atoms with Crippen molar-refractivity contribution in [1.29, 1.82) is 0 Å². The summed E-state index contributed by atoms with van der Waals surface area (Å²) < 4.78 is 16.7. The van der Waals surface area contributed by atoms with Gasteiger partial charge in [-0.05, 0) is 59.8 Å². The highest BCUT2D eigenvalue weighted by atomic mass is 79.9. The van der Waals surface area contributed by atoms with Gasteiger partial charge in [-0.25, -0.2) is 9.79 Å². The molecule has 174 valence electrons. The fraction of sp³-hybridized carbons (Fsp3) is 0.125. The molecule has 1 amide bonds. The Balaban J connectivity index is 1.68. The fourth-order valence-corrected chi connectivity index (χ4v) is 4.54. The molecule has 1 aromatic heterocycles. The lowest BCUT2D eigenvalue weighted by Crippen LogP contribution is -2.28. The van der Waals surface area contributed by atoms with Gasteiger partial charge in [0, 0.05) is 4.47 Å². The second-order valence-corrected chi connectivity index (χ2v) is 8.88. The fourth-order valence-electron chi connectivity index (χ4n) is 3.12. The zero-order valence-corrected chi connectivity index (χ0v) is 20.3. The Kier molecular flexibility index (Phi) is 7.39. The third kappa shape index (κ3) is 5.52. The summed E-state index contributed by atoms with van der Waals surface area (Å²) in [5, 5.41) is 9.41. The van der Waals surface area contributed by atoms with Gasteiger partial charge in [0.05, 0.1) is 30.5 Å². The van der Waals surface area contributed by atoms with Gasteiger partial charge in [0.15, 0.2) is 23.3 Å². The van der Waals surface area contributed by atoms with Crippen molar-refractivity contribution in [3.05, 3.63) is 81.6 Å². The summed E-state index contributed by atoms with van der Waals surface area (Å²) in [5.41, 5.74) is 1.39. The van der Waals surface area contributed by atoms with E-state index in [4.69, 9.17) is 19.0 Å². The first kappa shape index (κ1) is 23.7. The van der Waals surface area contributed by atoms with Gasteiger partial charge >= 0.3 is 5.97 Å².